The van der Waals surface area contributed by atoms with Crippen molar-refractivity contribution < 1.29 is 23.8 Å². The van der Waals surface area contributed by atoms with Gasteiger partial charge < -0.3 is 24.8 Å². The number of nitrogens with one attached hydrogen (secondary N) is 2. The minimum absolute atomic E-state index is 0.0668. The largest absolute Gasteiger partial charge is 0.493 e. The van der Waals surface area contributed by atoms with Gasteiger partial charge in [0.2, 0.25) is 11.8 Å². The number of hydrogen-bond acceptors (Lipinski definition) is 6. The Bertz CT molecular complexity index is 873. The summed E-state index contributed by atoms with van der Waals surface area (Å²) in [6, 6.07) is 12.8. The van der Waals surface area contributed by atoms with E-state index < -0.39 is 0 Å². The molecular formula is C23H30N2O5S. The van der Waals surface area contributed by atoms with Crippen molar-refractivity contribution in [2.45, 2.75) is 37.0 Å². The van der Waals surface area contributed by atoms with Crippen LogP contribution < -0.4 is 20.1 Å². The highest BCUT2D eigenvalue weighted by Gasteiger charge is 2.18. The molecule has 168 valence electrons. The quantitative estimate of drug-likeness (QED) is 0.400. The van der Waals surface area contributed by atoms with Crippen LogP contribution in [0.1, 0.15) is 32.4 Å². The summed E-state index contributed by atoms with van der Waals surface area (Å²) in [7, 11) is 3.20. The number of thioether (sulfide) groups is 1. The maximum Gasteiger partial charge on any atom is 0.233 e. The van der Waals surface area contributed by atoms with Crippen molar-refractivity contribution in [3.05, 3.63) is 48.0 Å². The Hall–Kier alpha value is -2.71. The molecule has 0 aliphatic heterocycles. The van der Waals surface area contributed by atoms with Crippen molar-refractivity contribution in [3.8, 4) is 11.5 Å². The third-order valence-corrected chi connectivity index (χ3v) is 5.56. The Labute approximate surface area is 187 Å². The fraction of sp³-hybridized carbons (Fsp3) is 0.391. The highest BCUT2D eigenvalue weighted by Crippen LogP contribution is 2.31. The average molecular weight is 447 g/mol. The van der Waals surface area contributed by atoms with Crippen LogP contribution in [0.4, 0.5) is 5.69 Å². The summed E-state index contributed by atoms with van der Waals surface area (Å²) < 4.78 is 16.1. The van der Waals surface area contributed by atoms with Crippen LogP contribution in [0.15, 0.2) is 47.4 Å². The Morgan fingerprint density at radius 2 is 1.71 bits per heavy atom. The van der Waals surface area contributed by atoms with E-state index in [0.29, 0.717) is 24.7 Å². The van der Waals surface area contributed by atoms with Gasteiger partial charge in [0.25, 0.3) is 0 Å². The molecule has 0 aliphatic carbocycles. The molecule has 0 spiro atoms. The van der Waals surface area contributed by atoms with Gasteiger partial charge in [-0.15, -0.1) is 11.8 Å². The number of rotatable bonds is 11. The van der Waals surface area contributed by atoms with E-state index in [1.807, 2.05) is 56.3 Å². The van der Waals surface area contributed by atoms with E-state index in [2.05, 4.69) is 10.6 Å². The molecule has 0 fully saturated rings. The second kappa shape index (κ2) is 12.2. The summed E-state index contributed by atoms with van der Waals surface area (Å²) in [5, 5.41) is 5.49. The van der Waals surface area contributed by atoms with Gasteiger partial charge in [-0.05, 0) is 55.8 Å². The Balaban J connectivity index is 1.95. The normalized spacial score (nSPS) is 12.5. The third kappa shape index (κ3) is 7.80. The standard InChI is InChI=1S/C23H30N2O5S/c1-15(18-6-11-21(22(14-18)29-5)30-13-12-28-4)24-23(27)16(2)31-20-9-7-19(8-10-20)25-17(3)26/h6-11,14-16H,12-13H2,1-5H3,(H,24,27)(H,25,26). The monoisotopic (exact) mass is 446 g/mol. The molecule has 0 saturated carbocycles. The number of carbonyl (C=O) groups is 2. The molecule has 0 aromatic heterocycles. The first-order valence-corrected chi connectivity index (χ1v) is 10.9. The highest BCUT2D eigenvalue weighted by molar-refractivity contribution is 8.00. The first-order chi connectivity index (χ1) is 14.8. The van der Waals surface area contributed by atoms with E-state index in [0.717, 1.165) is 16.1 Å². The number of methoxy groups -OCH3 is 2. The van der Waals surface area contributed by atoms with Gasteiger partial charge in [-0.25, -0.2) is 0 Å². The van der Waals surface area contributed by atoms with Crippen molar-refractivity contribution in [2.24, 2.45) is 0 Å². The van der Waals surface area contributed by atoms with Crippen LogP contribution in [0.3, 0.4) is 0 Å². The molecule has 7 nitrogen and oxygen atoms in total. The lowest BCUT2D eigenvalue weighted by Gasteiger charge is -2.19. The summed E-state index contributed by atoms with van der Waals surface area (Å²) in [5.41, 5.74) is 1.65. The molecule has 2 unspecified atom stereocenters. The van der Waals surface area contributed by atoms with Crippen LogP contribution in [0, 0.1) is 0 Å². The lowest BCUT2D eigenvalue weighted by Crippen LogP contribution is -2.33. The minimum Gasteiger partial charge on any atom is -0.493 e. The smallest absolute Gasteiger partial charge is 0.233 e. The summed E-state index contributed by atoms with van der Waals surface area (Å²) in [6.07, 6.45) is 0. The van der Waals surface area contributed by atoms with Crippen LogP contribution in [0.25, 0.3) is 0 Å². The first-order valence-electron chi connectivity index (χ1n) is 9.98. The van der Waals surface area contributed by atoms with Gasteiger partial charge in [-0.2, -0.15) is 0 Å². The van der Waals surface area contributed by atoms with Crippen LogP contribution in [-0.4, -0.2) is 44.5 Å². The predicted molar refractivity (Wildman–Crippen MR) is 123 cm³/mol. The topological polar surface area (TPSA) is 85.9 Å². The molecule has 0 bridgehead atoms. The van der Waals surface area contributed by atoms with Crippen molar-refractivity contribution in [2.75, 3.05) is 32.8 Å². The number of ether oxygens (including phenoxy) is 3. The number of benzene rings is 2. The summed E-state index contributed by atoms with van der Waals surface area (Å²) in [6.45, 7) is 6.18. The predicted octanol–water partition coefficient (Wildman–Crippen LogP) is 4.04. The molecule has 0 saturated heterocycles. The Morgan fingerprint density at radius 3 is 2.32 bits per heavy atom. The summed E-state index contributed by atoms with van der Waals surface area (Å²) >= 11 is 1.46. The molecular weight excluding hydrogens is 416 g/mol. The lowest BCUT2D eigenvalue weighted by atomic mass is 10.1. The van der Waals surface area contributed by atoms with Gasteiger partial charge in [-0.1, -0.05) is 6.07 Å². The van der Waals surface area contributed by atoms with Gasteiger partial charge in [0.1, 0.15) is 6.61 Å². The first kappa shape index (κ1) is 24.6. The fourth-order valence-electron chi connectivity index (χ4n) is 2.80. The Kier molecular flexibility index (Phi) is 9.68. The molecule has 31 heavy (non-hydrogen) atoms. The molecule has 0 aliphatic rings. The van der Waals surface area contributed by atoms with E-state index in [1.54, 1.807) is 14.2 Å². The molecule has 2 N–H and O–H groups in total. The summed E-state index contributed by atoms with van der Waals surface area (Å²) in [4.78, 5) is 24.7. The zero-order valence-electron chi connectivity index (χ0n) is 18.6. The zero-order valence-corrected chi connectivity index (χ0v) is 19.4. The summed E-state index contributed by atoms with van der Waals surface area (Å²) in [5.74, 6) is 1.06. The minimum atomic E-state index is -0.285. The molecule has 2 atom stereocenters. The molecule has 2 amide bonds. The van der Waals surface area contributed by atoms with Gasteiger partial charge in [0.15, 0.2) is 11.5 Å². The molecule has 0 heterocycles. The van der Waals surface area contributed by atoms with Gasteiger partial charge in [-0.3, -0.25) is 9.59 Å². The number of hydrogen-bond donors (Lipinski definition) is 2. The van der Waals surface area contributed by atoms with Crippen molar-refractivity contribution in [1.29, 1.82) is 0 Å². The van der Waals surface area contributed by atoms with E-state index in [4.69, 9.17) is 14.2 Å². The number of amides is 2. The van der Waals surface area contributed by atoms with Gasteiger partial charge >= 0.3 is 0 Å². The van der Waals surface area contributed by atoms with E-state index >= 15 is 0 Å². The third-order valence-electron chi connectivity index (χ3n) is 4.45. The van der Waals surface area contributed by atoms with Crippen molar-refractivity contribution in [3.63, 3.8) is 0 Å². The maximum atomic E-state index is 12.7. The van der Waals surface area contributed by atoms with Crippen LogP contribution in [0.5, 0.6) is 11.5 Å². The van der Waals surface area contributed by atoms with Gasteiger partial charge in [0.05, 0.1) is 25.0 Å². The maximum absolute atomic E-state index is 12.7. The van der Waals surface area contributed by atoms with E-state index in [-0.39, 0.29) is 23.1 Å². The van der Waals surface area contributed by atoms with E-state index in [1.165, 1.54) is 18.7 Å². The molecule has 2 aromatic rings. The van der Waals surface area contributed by atoms with Gasteiger partial charge in [0, 0.05) is 24.6 Å². The van der Waals surface area contributed by atoms with Crippen LogP contribution >= 0.6 is 11.8 Å². The second-order valence-corrected chi connectivity index (χ2v) is 8.36. The SMILES string of the molecule is COCCOc1ccc(C(C)NC(=O)C(C)Sc2ccc(NC(C)=O)cc2)cc1OC. The average Bonchev–Trinajstić information content (AvgIpc) is 2.74. The van der Waals surface area contributed by atoms with Crippen LogP contribution in [-0.2, 0) is 14.3 Å². The van der Waals surface area contributed by atoms with E-state index in [9.17, 15) is 9.59 Å². The van der Waals surface area contributed by atoms with Crippen LogP contribution in [0.2, 0.25) is 0 Å². The lowest BCUT2D eigenvalue weighted by molar-refractivity contribution is -0.121. The van der Waals surface area contributed by atoms with Crippen molar-refractivity contribution >= 4 is 29.3 Å². The molecule has 8 heteroatoms. The second-order valence-electron chi connectivity index (χ2n) is 6.95. The Morgan fingerprint density at radius 1 is 1.00 bits per heavy atom. The molecule has 0 radical (unpaired) electrons. The zero-order chi connectivity index (χ0) is 22.8. The number of anilines is 1. The number of carbonyl (C=O) groups excluding carboxylic acids is 2. The fourth-order valence-corrected chi connectivity index (χ4v) is 3.68. The highest BCUT2D eigenvalue weighted by atomic mass is 32.2. The molecule has 2 aromatic carbocycles. The van der Waals surface area contributed by atoms with Crippen molar-refractivity contribution in [1.82, 2.24) is 5.32 Å². The molecule has 2 rings (SSSR count).